The second kappa shape index (κ2) is 2.90. The van der Waals surface area contributed by atoms with Crippen LogP contribution in [0.5, 0.6) is 0 Å². The Hall–Kier alpha value is -0.730. The summed E-state index contributed by atoms with van der Waals surface area (Å²) in [5.74, 6) is 0. The van der Waals surface area contributed by atoms with Crippen molar-refractivity contribution in [2.75, 3.05) is 13.7 Å². The molecule has 10 heavy (non-hydrogen) atoms. The summed E-state index contributed by atoms with van der Waals surface area (Å²) in [6, 6.07) is 0.317. The Labute approximate surface area is 61.0 Å². The molecule has 1 atom stereocenters. The summed E-state index contributed by atoms with van der Waals surface area (Å²) < 4.78 is 4.82. The first kappa shape index (κ1) is 7.38. The highest BCUT2D eigenvalue weighted by Gasteiger charge is 2.28. The van der Waals surface area contributed by atoms with Crippen molar-refractivity contribution in [3.05, 3.63) is 0 Å². The van der Waals surface area contributed by atoms with Crippen molar-refractivity contribution in [3.8, 4) is 0 Å². The number of ether oxygens (including phenoxy) is 1. The van der Waals surface area contributed by atoms with Crippen molar-refractivity contribution in [2.45, 2.75) is 25.8 Å². The van der Waals surface area contributed by atoms with E-state index in [2.05, 4.69) is 6.92 Å². The Morgan fingerprint density at radius 3 is 2.90 bits per heavy atom. The highest BCUT2D eigenvalue weighted by atomic mass is 16.6. The average Bonchev–Trinajstić information content (AvgIpc) is 2.20. The number of carbonyl (C=O) groups excluding carboxylic acids is 1. The van der Waals surface area contributed by atoms with Crippen LogP contribution >= 0.6 is 0 Å². The number of cyclic esters (lactones) is 1. The molecule has 3 nitrogen and oxygen atoms in total. The monoisotopic (exact) mass is 143 g/mol. The Balaban J connectivity index is 2.41. The maximum Gasteiger partial charge on any atom is 0.409 e. The normalized spacial score (nSPS) is 25.2. The molecule has 0 aromatic rings. The minimum Gasteiger partial charge on any atom is -0.447 e. The van der Waals surface area contributed by atoms with Crippen molar-refractivity contribution in [1.29, 1.82) is 0 Å². The quantitative estimate of drug-likeness (QED) is 0.582. The van der Waals surface area contributed by atoms with Crippen LogP contribution in [0.3, 0.4) is 0 Å². The summed E-state index contributed by atoms with van der Waals surface area (Å²) in [5, 5.41) is 0. The molecule has 3 heteroatoms. The third-order valence-corrected chi connectivity index (χ3v) is 1.86. The first-order chi connectivity index (χ1) is 4.75. The van der Waals surface area contributed by atoms with Gasteiger partial charge in [0.15, 0.2) is 0 Å². The largest absolute Gasteiger partial charge is 0.447 e. The fourth-order valence-electron chi connectivity index (χ4n) is 1.14. The lowest BCUT2D eigenvalue weighted by molar-refractivity contribution is 0.163. The molecule has 0 bridgehead atoms. The predicted molar refractivity (Wildman–Crippen MR) is 37.8 cm³/mol. The van der Waals surface area contributed by atoms with Crippen molar-refractivity contribution in [1.82, 2.24) is 4.90 Å². The van der Waals surface area contributed by atoms with Gasteiger partial charge in [-0.05, 0) is 6.42 Å². The molecule has 58 valence electrons. The van der Waals surface area contributed by atoms with E-state index < -0.39 is 0 Å². The lowest BCUT2D eigenvalue weighted by atomic mass is 10.2. The Kier molecular flexibility index (Phi) is 2.14. The van der Waals surface area contributed by atoms with E-state index in [1.807, 2.05) is 0 Å². The smallest absolute Gasteiger partial charge is 0.409 e. The first-order valence-electron chi connectivity index (χ1n) is 3.65. The molecular formula is C7H13NO2. The minimum atomic E-state index is -0.182. The number of nitrogens with zero attached hydrogens (tertiary/aromatic N) is 1. The van der Waals surface area contributed by atoms with E-state index in [9.17, 15) is 4.79 Å². The highest BCUT2D eigenvalue weighted by molar-refractivity contribution is 5.69. The topological polar surface area (TPSA) is 29.5 Å². The highest BCUT2D eigenvalue weighted by Crippen LogP contribution is 2.13. The number of rotatable bonds is 2. The van der Waals surface area contributed by atoms with Crippen LogP contribution < -0.4 is 0 Å². The number of hydrogen-bond acceptors (Lipinski definition) is 2. The summed E-state index contributed by atoms with van der Waals surface area (Å²) in [5.41, 5.74) is 0. The van der Waals surface area contributed by atoms with Crippen LogP contribution in [0.4, 0.5) is 4.79 Å². The average molecular weight is 143 g/mol. The van der Waals surface area contributed by atoms with Gasteiger partial charge in [0.05, 0.1) is 6.04 Å². The molecular weight excluding hydrogens is 130 g/mol. The molecule has 0 radical (unpaired) electrons. The van der Waals surface area contributed by atoms with E-state index in [-0.39, 0.29) is 6.09 Å². The second-order valence-electron chi connectivity index (χ2n) is 2.63. The fraction of sp³-hybridized carbons (Fsp3) is 0.857. The van der Waals surface area contributed by atoms with Gasteiger partial charge in [0.1, 0.15) is 6.61 Å². The van der Waals surface area contributed by atoms with Crippen molar-refractivity contribution >= 4 is 6.09 Å². The molecule has 0 aliphatic carbocycles. The molecule has 1 rings (SSSR count). The fourth-order valence-corrected chi connectivity index (χ4v) is 1.14. The second-order valence-corrected chi connectivity index (χ2v) is 2.63. The number of carbonyl (C=O) groups is 1. The lowest BCUT2D eigenvalue weighted by Crippen LogP contribution is -2.28. The Morgan fingerprint density at radius 1 is 1.80 bits per heavy atom. The van der Waals surface area contributed by atoms with Crippen molar-refractivity contribution in [2.24, 2.45) is 0 Å². The number of likely N-dealkylation sites (N-methyl/N-ethyl adjacent to an activating group) is 1. The molecule has 1 fully saturated rings. The third kappa shape index (κ3) is 1.23. The summed E-state index contributed by atoms with van der Waals surface area (Å²) in [6.07, 6.45) is 1.96. The molecule has 0 spiro atoms. The van der Waals surface area contributed by atoms with Crippen LogP contribution in [0.25, 0.3) is 0 Å². The molecule has 0 N–H and O–H groups in total. The molecule has 1 heterocycles. The van der Waals surface area contributed by atoms with Gasteiger partial charge in [0, 0.05) is 7.05 Å². The Bertz CT molecular complexity index is 136. The maximum atomic E-state index is 10.8. The van der Waals surface area contributed by atoms with Crippen LogP contribution in [0.2, 0.25) is 0 Å². The standard InChI is InChI=1S/C7H13NO2/c1-3-4-6-5-10-7(9)8(6)2/h6H,3-5H2,1-2H3. The van der Waals surface area contributed by atoms with Gasteiger partial charge in [0.25, 0.3) is 0 Å². The molecule has 1 saturated heterocycles. The molecule has 0 saturated carbocycles. The minimum absolute atomic E-state index is 0.182. The first-order valence-corrected chi connectivity index (χ1v) is 3.65. The lowest BCUT2D eigenvalue weighted by Gasteiger charge is -2.13. The maximum absolute atomic E-state index is 10.8. The van der Waals surface area contributed by atoms with Gasteiger partial charge in [-0.15, -0.1) is 0 Å². The van der Waals surface area contributed by atoms with Gasteiger partial charge >= 0.3 is 6.09 Å². The van der Waals surface area contributed by atoms with Crippen molar-refractivity contribution < 1.29 is 9.53 Å². The zero-order valence-corrected chi connectivity index (χ0v) is 6.46. The number of hydrogen-bond donors (Lipinski definition) is 0. The van der Waals surface area contributed by atoms with Gasteiger partial charge in [-0.3, -0.25) is 0 Å². The zero-order valence-electron chi connectivity index (χ0n) is 6.46. The summed E-state index contributed by atoms with van der Waals surface area (Å²) in [4.78, 5) is 12.4. The molecule has 1 unspecified atom stereocenters. The van der Waals surface area contributed by atoms with Gasteiger partial charge in [0.2, 0.25) is 0 Å². The summed E-state index contributed by atoms with van der Waals surface area (Å²) in [7, 11) is 1.79. The predicted octanol–water partition coefficient (Wildman–Crippen LogP) is 1.24. The Morgan fingerprint density at radius 2 is 2.50 bits per heavy atom. The van der Waals surface area contributed by atoms with Crippen LogP contribution in [0, 0.1) is 0 Å². The van der Waals surface area contributed by atoms with Gasteiger partial charge in [-0.2, -0.15) is 0 Å². The van der Waals surface area contributed by atoms with E-state index in [0.717, 1.165) is 12.8 Å². The van der Waals surface area contributed by atoms with Gasteiger partial charge in [-0.1, -0.05) is 13.3 Å². The molecule has 1 aliphatic rings. The zero-order chi connectivity index (χ0) is 7.56. The summed E-state index contributed by atoms with van der Waals surface area (Å²) in [6.45, 7) is 2.68. The summed E-state index contributed by atoms with van der Waals surface area (Å²) >= 11 is 0. The van der Waals surface area contributed by atoms with E-state index >= 15 is 0 Å². The van der Waals surface area contributed by atoms with Gasteiger partial charge in [-0.25, -0.2) is 4.79 Å². The van der Waals surface area contributed by atoms with Gasteiger partial charge < -0.3 is 9.64 Å². The molecule has 1 aliphatic heterocycles. The third-order valence-electron chi connectivity index (χ3n) is 1.86. The van der Waals surface area contributed by atoms with Crippen molar-refractivity contribution in [3.63, 3.8) is 0 Å². The van der Waals surface area contributed by atoms with Crippen LogP contribution in [-0.2, 0) is 4.74 Å². The molecule has 0 aromatic heterocycles. The molecule has 0 aromatic carbocycles. The number of amides is 1. The SMILES string of the molecule is CCCC1COC(=O)N1C. The van der Waals surface area contributed by atoms with E-state index in [0.29, 0.717) is 12.6 Å². The van der Waals surface area contributed by atoms with E-state index in [4.69, 9.17) is 4.74 Å². The van der Waals surface area contributed by atoms with Crippen LogP contribution in [0.1, 0.15) is 19.8 Å². The van der Waals surface area contributed by atoms with E-state index in [1.165, 1.54) is 0 Å². The molecule has 1 amide bonds. The van der Waals surface area contributed by atoms with Crippen LogP contribution in [0.15, 0.2) is 0 Å². The van der Waals surface area contributed by atoms with E-state index in [1.54, 1.807) is 11.9 Å². The van der Waals surface area contributed by atoms with Crippen LogP contribution in [-0.4, -0.2) is 30.7 Å².